The molecule has 1 atom stereocenters. The van der Waals surface area contributed by atoms with E-state index in [9.17, 15) is 14.4 Å². The lowest BCUT2D eigenvalue weighted by Gasteiger charge is -2.26. The second-order valence-corrected chi connectivity index (χ2v) is 4.95. The molecule has 1 heterocycles. The average Bonchev–Trinajstić information content (AvgIpc) is 2.46. The summed E-state index contributed by atoms with van der Waals surface area (Å²) in [6.45, 7) is 3.27. The first-order valence-electron chi connectivity index (χ1n) is 7.06. The van der Waals surface area contributed by atoms with Gasteiger partial charge < -0.3 is 20.6 Å². The standard InChI is InChI=1S/C13H23N3O4/c1-2-10(12(18)19)8-14-13(20)15-9-11(17)16-6-4-3-5-7-16/h10H,2-9H2,1H3,(H,18,19)(H2,14,15,20). The molecule has 1 aliphatic heterocycles. The molecule has 0 aromatic heterocycles. The molecule has 1 rings (SSSR count). The van der Waals surface area contributed by atoms with E-state index in [0.717, 1.165) is 32.4 Å². The molecule has 0 aliphatic carbocycles. The summed E-state index contributed by atoms with van der Waals surface area (Å²) in [5.41, 5.74) is 0. The average molecular weight is 285 g/mol. The Morgan fingerprint density at radius 1 is 1.15 bits per heavy atom. The minimum absolute atomic E-state index is 0.0459. The van der Waals surface area contributed by atoms with E-state index < -0.39 is 17.9 Å². The van der Waals surface area contributed by atoms with Crippen LogP contribution in [0.2, 0.25) is 0 Å². The Hall–Kier alpha value is -1.79. The molecule has 1 aliphatic rings. The second-order valence-electron chi connectivity index (χ2n) is 4.95. The minimum atomic E-state index is -0.933. The number of amides is 3. The fourth-order valence-corrected chi connectivity index (χ4v) is 2.10. The monoisotopic (exact) mass is 285 g/mol. The minimum Gasteiger partial charge on any atom is -0.481 e. The van der Waals surface area contributed by atoms with E-state index in [-0.39, 0.29) is 19.0 Å². The Kier molecular flexibility index (Phi) is 6.83. The molecular weight excluding hydrogens is 262 g/mol. The quantitative estimate of drug-likeness (QED) is 0.658. The van der Waals surface area contributed by atoms with Gasteiger partial charge in [0, 0.05) is 19.6 Å². The maximum absolute atomic E-state index is 11.8. The van der Waals surface area contributed by atoms with E-state index in [2.05, 4.69) is 10.6 Å². The van der Waals surface area contributed by atoms with Gasteiger partial charge in [0.15, 0.2) is 0 Å². The maximum Gasteiger partial charge on any atom is 0.315 e. The first-order chi connectivity index (χ1) is 9.54. The van der Waals surface area contributed by atoms with Crippen molar-refractivity contribution in [3.05, 3.63) is 0 Å². The van der Waals surface area contributed by atoms with Crippen LogP contribution in [0.3, 0.4) is 0 Å². The molecule has 0 spiro atoms. The van der Waals surface area contributed by atoms with Gasteiger partial charge in [-0.2, -0.15) is 0 Å². The van der Waals surface area contributed by atoms with Crippen molar-refractivity contribution >= 4 is 17.9 Å². The van der Waals surface area contributed by atoms with Crippen molar-refractivity contribution in [2.75, 3.05) is 26.2 Å². The van der Waals surface area contributed by atoms with Gasteiger partial charge in [-0.1, -0.05) is 6.92 Å². The predicted octanol–water partition coefficient (Wildman–Crippen LogP) is 0.409. The lowest BCUT2D eigenvalue weighted by molar-refractivity contribution is -0.141. The highest BCUT2D eigenvalue weighted by atomic mass is 16.4. The van der Waals surface area contributed by atoms with Gasteiger partial charge in [0.1, 0.15) is 0 Å². The maximum atomic E-state index is 11.8. The molecule has 7 nitrogen and oxygen atoms in total. The highest BCUT2D eigenvalue weighted by Gasteiger charge is 2.18. The molecule has 114 valence electrons. The van der Waals surface area contributed by atoms with Crippen LogP contribution in [-0.4, -0.2) is 54.1 Å². The van der Waals surface area contributed by atoms with E-state index in [4.69, 9.17) is 5.11 Å². The summed E-state index contributed by atoms with van der Waals surface area (Å²) in [7, 11) is 0. The number of carboxylic acid groups (broad SMARTS) is 1. The van der Waals surface area contributed by atoms with E-state index in [1.54, 1.807) is 11.8 Å². The number of piperidine rings is 1. The number of hydrogen-bond donors (Lipinski definition) is 3. The van der Waals surface area contributed by atoms with Crippen molar-refractivity contribution in [2.24, 2.45) is 5.92 Å². The number of hydrogen-bond acceptors (Lipinski definition) is 3. The Labute approximate surface area is 118 Å². The molecule has 0 bridgehead atoms. The van der Waals surface area contributed by atoms with Crippen molar-refractivity contribution in [3.8, 4) is 0 Å². The van der Waals surface area contributed by atoms with Crippen molar-refractivity contribution in [3.63, 3.8) is 0 Å². The molecule has 0 radical (unpaired) electrons. The Morgan fingerprint density at radius 3 is 2.35 bits per heavy atom. The summed E-state index contributed by atoms with van der Waals surface area (Å²) in [5.74, 6) is -1.62. The Balaban J connectivity index is 2.22. The SMILES string of the molecule is CCC(CNC(=O)NCC(=O)N1CCCCC1)C(=O)O. The third-order valence-corrected chi connectivity index (χ3v) is 3.46. The highest BCUT2D eigenvalue weighted by molar-refractivity contribution is 5.84. The molecule has 0 saturated carbocycles. The first-order valence-corrected chi connectivity index (χ1v) is 7.06. The molecule has 1 fully saturated rings. The molecule has 3 amide bonds. The zero-order chi connectivity index (χ0) is 15.0. The number of urea groups is 1. The van der Waals surface area contributed by atoms with Gasteiger partial charge in [0.05, 0.1) is 12.5 Å². The van der Waals surface area contributed by atoms with E-state index in [1.807, 2.05) is 0 Å². The molecule has 3 N–H and O–H groups in total. The lowest BCUT2D eigenvalue weighted by Crippen LogP contribution is -2.46. The normalized spacial score (nSPS) is 16.4. The lowest BCUT2D eigenvalue weighted by atomic mass is 10.1. The molecular formula is C13H23N3O4. The van der Waals surface area contributed by atoms with Crippen LogP contribution in [-0.2, 0) is 9.59 Å². The Morgan fingerprint density at radius 2 is 1.80 bits per heavy atom. The number of rotatable bonds is 6. The molecule has 0 aromatic rings. The smallest absolute Gasteiger partial charge is 0.315 e. The van der Waals surface area contributed by atoms with E-state index in [0.29, 0.717) is 6.42 Å². The van der Waals surface area contributed by atoms with Crippen molar-refractivity contribution in [1.29, 1.82) is 0 Å². The predicted molar refractivity (Wildman–Crippen MR) is 73.2 cm³/mol. The summed E-state index contributed by atoms with van der Waals surface area (Å²) >= 11 is 0. The summed E-state index contributed by atoms with van der Waals surface area (Å²) in [5, 5.41) is 13.8. The third-order valence-electron chi connectivity index (χ3n) is 3.46. The number of nitrogens with one attached hydrogen (secondary N) is 2. The van der Waals surface area contributed by atoms with E-state index in [1.165, 1.54) is 0 Å². The van der Waals surface area contributed by atoms with Crippen LogP contribution >= 0.6 is 0 Å². The highest BCUT2D eigenvalue weighted by Crippen LogP contribution is 2.08. The Bertz CT molecular complexity index is 354. The van der Waals surface area contributed by atoms with Gasteiger partial charge in [-0.25, -0.2) is 4.79 Å². The summed E-state index contributed by atoms with van der Waals surface area (Å²) in [6.07, 6.45) is 3.61. The largest absolute Gasteiger partial charge is 0.481 e. The van der Waals surface area contributed by atoms with Crippen LogP contribution < -0.4 is 10.6 Å². The fourth-order valence-electron chi connectivity index (χ4n) is 2.10. The number of likely N-dealkylation sites (tertiary alicyclic amines) is 1. The molecule has 20 heavy (non-hydrogen) atoms. The van der Waals surface area contributed by atoms with Gasteiger partial charge in [-0.05, 0) is 25.7 Å². The van der Waals surface area contributed by atoms with Gasteiger partial charge in [-0.15, -0.1) is 0 Å². The van der Waals surface area contributed by atoms with Gasteiger partial charge in [0.2, 0.25) is 5.91 Å². The van der Waals surface area contributed by atoms with Gasteiger partial charge >= 0.3 is 12.0 Å². The van der Waals surface area contributed by atoms with Crippen LogP contribution in [0.5, 0.6) is 0 Å². The number of carbonyl (C=O) groups excluding carboxylic acids is 2. The summed E-state index contributed by atoms with van der Waals surface area (Å²) in [6, 6.07) is -0.505. The fraction of sp³-hybridized carbons (Fsp3) is 0.769. The van der Waals surface area contributed by atoms with Crippen LogP contribution in [0, 0.1) is 5.92 Å². The zero-order valence-electron chi connectivity index (χ0n) is 11.9. The van der Waals surface area contributed by atoms with Crippen molar-refractivity contribution in [1.82, 2.24) is 15.5 Å². The molecule has 1 unspecified atom stereocenters. The molecule has 0 aromatic carbocycles. The topological polar surface area (TPSA) is 98.7 Å². The van der Waals surface area contributed by atoms with Crippen LogP contribution in [0.4, 0.5) is 4.79 Å². The third kappa shape index (κ3) is 5.46. The van der Waals surface area contributed by atoms with Crippen molar-refractivity contribution in [2.45, 2.75) is 32.6 Å². The van der Waals surface area contributed by atoms with E-state index >= 15 is 0 Å². The number of nitrogens with zero attached hydrogens (tertiary/aromatic N) is 1. The zero-order valence-corrected chi connectivity index (χ0v) is 11.9. The summed E-state index contributed by atoms with van der Waals surface area (Å²) < 4.78 is 0. The molecule has 7 heteroatoms. The van der Waals surface area contributed by atoms with Gasteiger partial charge in [0.25, 0.3) is 0 Å². The van der Waals surface area contributed by atoms with Crippen LogP contribution in [0.25, 0.3) is 0 Å². The van der Waals surface area contributed by atoms with Crippen LogP contribution in [0.1, 0.15) is 32.6 Å². The molecule has 1 saturated heterocycles. The first kappa shape index (κ1) is 16.3. The van der Waals surface area contributed by atoms with Crippen LogP contribution in [0.15, 0.2) is 0 Å². The second kappa shape index (κ2) is 8.39. The summed E-state index contributed by atoms with van der Waals surface area (Å²) in [4.78, 5) is 35.8. The van der Waals surface area contributed by atoms with Crippen molar-refractivity contribution < 1.29 is 19.5 Å². The number of carboxylic acids is 1. The van der Waals surface area contributed by atoms with Gasteiger partial charge in [-0.3, -0.25) is 9.59 Å². The number of carbonyl (C=O) groups is 3. The number of aliphatic carboxylic acids is 1.